The second-order valence-electron chi connectivity index (χ2n) is 4.17. The summed E-state index contributed by atoms with van der Waals surface area (Å²) in [6, 6.07) is 8.64. The minimum Gasteiger partial charge on any atom is -0.457 e. The Hall–Kier alpha value is -1.65. The van der Waals surface area contributed by atoms with Crippen molar-refractivity contribution >= 4 is 11.6 Å². The summed E-state index contributed by atoms with van der Waals surface area (Å²) in [6.07, 6.45) is 0. The number of ether oxygens (including phenoxy) is 1. The Bertz CT molecular complexity index is 604. The van der Waals surface area contributed by atoms with Crippen molar-refractivity contribution in [3.63, 3.8) is 0 Å². The molecule has 0 aromatic heterocycles. The first-order chi connectivity index (χ1) is 9.61. The monoisotopic (exact) mass is 297 g/mol. The van der Waals surface area contributed by atoms with Crippen molar-refractivity contribution < 1.29 is 13.5 Å². The van der Waals surface area contributed by atoms with Crippen LogP contribution in [0, 0.1) is 11.6 Å². The maximum Gasteiger partial charge on any atom is 0.162 e. The topological polar surface area (TPSA) is 21.3 Å². The molecule has 2 nitrogen and oxygen atoms in total. The third kappa shape index (κ3) is 3.46. The number of benzene rings is 2. The number of hydrogen-bond acceptors (Lipinski definition) is 2. The normalized spacial score (nSPS) is 10.6. The van der Waals surface area contributed by atoms with Gasteiger partial charge in [0.2, 0.25) is 0 Å². The van der Waals surface area contributed by atoms with Gasteiger partial charge in [0.1, 0.15) is 11.5 Å². The second kappa shape index (κ2) is 6.68. The lowest BCUT2D eigenvalue weighted by molar-refractivity contribution is 0.455. The van der Waals surface area contributed by atoms with Crippen molar-refractivity contribution in [2.45, 2.75) is 13.5 Å². The van der Waals surface area contributed by atoms with Gasteiger partial charge in [-0.1, -0.05) is 24.6 Å². The molecule has 106 valence electrons. The van der Waals surface area contributed by atoms with Crippen molar-refractivity contribution in [3.8, 4) is 11.5 Å². The van der Waals surface area contributed by atoms with Crippen LogP contribution in [0.4, 0.5) is 8.78 Å². The molecule has 2 aromatic rings. The molecule has 2 aromatic carbocycles. The van der Waals surface area contributed by atoms with E-state index in [4.69, 9.17) is 16.3 Å². The van der Waals surface area contributed by atoms with Gasteiger partial charge in [-0.25, -0.2) is 8.78 Å². The van der Waals surface area contributed by atoms with Gasteiger partial charge in [0.25, 0.3) is 0 Å². The van der Waals surface area contributed by atoms with Crippen molar-refractivity contribution in [1.29, 1.82) is 0 Å². The fourth-order valence-electron chi connectivity index (χ4n) is 1.72. The summed E-state index contributed by atoms with van der Waals surface area (Å²) < 4.78 is 31.6. The van der Waals surface area contributed by atoms with Gasteiger partial charge in [-0.2, -0.15) is 0 Å². The smallest absolute Gasteiger partial charge is 0.162 e. The van der Waals surface area contributed by atoms with Crippen molar-refractivity contribution in [2.24, 2.45) is 0 Å². The molecule has 2 rings (SSSR count). The lowest BCUT2D eigenvalue weighted by atomic mass is 10.2. The molecule has 0 aliphatic rings. The molecule has 0 spiro atoms. The molecule has 0 radical (unpaired) electrons. The summed E-state index contributed by atoms with van der Waals surface area (Å²) in [6.45, 7) is 3.30. The maximum absolute atomic E-state index is 13.2. The van der Waals surface area contributed by atoms with Gasteiger partial charge >= 0.3 is 0 Å². The number of hydrogen-bond donors (Lipinski definition) is 1. The van der Waals surface area contributed by atoms with Crippen LogP contribution in [-0.4, -0.2) is 6.54 Å². The maximum atomic E-state index is 13.2. The van der Waals surface area contributed by atoms with E-state index in [2.05, 4.69) is 5.32 Å². The first kappa shape index (κ1) is 14.8. The summed E-state index contributed by atoms with van der Waals surface area (Å²) in [5.41, 5.74) is 0.778. The molecule has 0 saturated heterocycles. The zero-order chi connectivity index (χ0) is 14.5. The largest absolute Gasteiger partial charge is 0.457 e. The van der Waals surface area contributed by atoms with Crippen LogP contribution in [0.3, 0.4) is 0 Å². The number of nitrogens with one attached hydrogen (secondary N) is 1. The number of halogens is 3. The van der Waals surface area contributed by atoms with E-state index in [-0.39, 0.29) is 5.75 Å². The SMILES string of the molecule is CCNCc1c(Cl)cccc1Oc1ccc(F)c(F)c1. The van der Waals surface area contributed by atoms with Crippen LogP contribution in [0.15, 0.2) is 36.4 Å². The summed E-state index contributed by atoms with van der Waals surface area (Å²) in [7, 11) is 0. The van der Waals surface area contributed by atoms with Gasteiger partial charge in [0.05, 0.1) is 0 Å². The zero-order valence-corrected chi connectivity index (χ0v) is 11.7. The molecular formula is C15H14ClF2NO. The van der Waals surface area contributed by atoms with Crippen LogP contribution >= 0.6 is 11.6 Å². The van der Waals surface area contributed by atoms with Gasteiger partial charge < -0.3 is 10.1 Å². The van der Waals surface area contributed by atoms with Gasteiger partial charge in [0.15, 0.2) is 11.6 Å². The van der Waals surface area contributed by atoms with Crippen molar-refractivity contribution in [1.82, 2.24) is 5.32 Å². The molecule has 0 amide bonds. The van der Waals surface area contributed by atoms with Gasteiger partial charge in [-0.05, 0) is 30.8 Å². The van der Waals surface area contributed by atoms with Crippen LogP contribution in [0.5, 0.6) is 11.5 Å². The van der Waals surface area contributed by atoms with Crippen LogP contribution in [0.25, 0.3) is 0 Å². The Balaban J connectivity index is 2.28. The molecule has 0 saturated carbocycles. The third-order valence-electron chi connectivity index (χ3n) is 2.75. The molecule has 0 atom stereocenters. The molecule has 0 bridgehead atoms. The van der Waals surface area contributed by atoms with Gasteiger partial charge in [0, 0.05) is 23.2 Å². The Morgan fingerprint density at radius 3 is 2.65 bits per heavy atom. The van der Waals surface area contributed by atoms with E-state index in [0.29, 0.717) is 17.3 Å². The van der Waals surface area contributed by atoms with Crippen LogP contribution < -0.4 is 10.1 Å². The van der Waals surface area contributed by atoms with Gasteiger partial charge in [-0.3, -0.25) is 0 Å². The minimum atomic E-state index is -0.947. The quantitative estimate of drug-likeness (QED) is 0.876. The first-order valence-corrected chi connectivity index (χ1v) is 6.60. The molecule has 20 heavy (non-hydrogen) atoms. The van der Waals surface area contributed by atoms with E-state index in [1.54, 1.807) is 18.2 Å². The second-order valence-corrected chi connectivity index (χ2v) is 4.58. The van der Waals surface area contributed by atoms with Gasteiger partial charge in [-0.15, -0.1) is 0 Å². The summed E-state index contributed by atoms with van der Waals surface area (Å²) >= 11 is 6.13. The van der Waals surface area contributed by atoms with E-state index < -0.39 is 11.6 Å². The van der Waals surface area contributed by atoms with Crippen LogP contribution in [-0.2, 0) is 6.54 Å². The highest BCUT2D eigenvalue weighted by molar-refractivity contribution is 6.31. The fraction of sp³-hybridized carbons (Fsp3) is 0.200. The van der Waals surface area contributed by atoms with Crippen LogP contribution in [0.1, 0.15) is 12.5 Å². The highest BCUT2D eigenvalue weighted by Gasteiger charge is 2.10. The summed E-state index contributed by atoms with van der Waals surface area (Å²) in [5.74, 6) is -1.11. The average Bonchev–Trinajstić information content (AvgIpc) is 2.42. The van der Waals surface area contributed by atoms with Crippen molar-refractivity contribution in [2.75, 3.05) is 6.54 Å². The molecule has 0 unspecified atom stereocenters. The molecule has 1 N–H and O–H groups in total. The molecule has 0 aliphatic heterocycles. The first-order valence-electron chi connectivity index (χ1n) is 6.23. The highest BCUT2D eigenvalue weighted by atomic mass is 35.5. The summed E-state index contributed by atoms with van der Waals surface area (Å²) in [5, 5.41) is 3.71. The summed E-state index contributed by atoms with van der Waals surface area (Å²) in [4.78, 5) is 0. The Labute approximate surface area is 121 Å². The molecule has 5 heteroatoms. The van der Waals surface area contributed by atoms with E-state index in [0.717, 1.165) is 24.2 Å². The highest BCUT2D eigenvalue weighted by Crippen LogP contribution is 2.30. The fourth-order valence-corrected chi connectivity index (χ4v) is 1.96. The Morgan fingerprint density at radius 1 is 1.15 bits per heavy atom. The van der Waals surface area contributed by atoms with E-state index in [1.165, 1.54) is 6.07 Å². The Morgan fingerprint density at radius 2 is 1.95 bits per heavy atom. The average molecular weight is 298 g/mol. The predicted octanol–water partition coefficient (Wildman–Crippen LogP) is 4.52. The minimum absolute atomic E-state index is 0.226. The van der Waals surface area contributed by atoms with E-state index in [1.807, 2.05) is 6.92 Å². The molecular weight excluding hydrogens is 284 g/mol. The lowest BCUT2D eigenvalue weighted by Crippen LogP contribution is -2.12. The zero-order valence-electron chi connectivity index (χ0n) is 10.9. The Kier molecular flexibility index (Phi) is 4.93. The third-order valence-corrected chi connectivity index (χ3v) is 3.10. The molecule has 0 fully saturated rings. The standard InChI is InChI=1S/C15H14ClF2NO/c1-2-19-9-11-12(16)4-3-5-15(11)20-10-6-7-13(17)14(18)8-10/h3-8,19H,2,9H2,1H3. The lowest BCUT2D eigenvalue weighted by Gasteiger charge is -2.13. The predicted molar refractivity (Wildman–Crippen MR) is 75.3 cm³/mol. The van der Waals surface area contributed by atoms with E-state index in [9.17, 15) is 8.78 Å². The van der Waals surface area contributed by atoms with Crippen molar-refractivity contribution in [3.05, 3.63) is 58.6 Å². The number of rotatable bonds is 5. The van der Waals surface area contributed by atoms with E-state index >= 15 is 0 Å². The molecule has 0 heterocycles. The molecule has 0 aliphatic carbocycles. The van der Waals surface area contributed by atoms with Crippen LogP contribution in [0.2, 0.25) is 5.02 Å².